The van der Waals surface area contributed by atoms with Crippen molar-refractivity contribution < 1.29 is 45.4 Å². The molecule has 2 saturated carbocycles. The van der Waals surface area contributed by atoms with Crippen molar-refractivity contribution in [3.8, 4) is 0 Å². The number of nitrogens with zero attached hydrogens (tertiary/aromatic N) is 4. The van der Waals surface area contributed by atoms with E-state index in [1.165, 1.54) is 0 Å². The summed E-state index contributed by atoms with van der Waals surface area (Å²) < 4.78 is 79.7. The van der Waals surface area contributed by atoms with E-state index >= 15 is 0 Å². The van der Waals surface area contributed by atoms with Crippen LogP contribution in [0.5, 0.6) is 0 Å². The standard InChI is InChI=1S/2C29H38N2O5S/c2*1-21-8-9-28(22(2)14-21)37(33,34)30-18-25-15-27(16-26(25)19-30)31(17-23-10-12-35-13-11-23)29(32)36-20-24-6-4-3-5-7-24/h2*3-9,14,23,25-27H,10-13,15-20H2,1-2H3/t2*25-,26+,27?. The van der Waals surface area contributed by atoms with Crippen molar-refractivity contribution in [3.63, 3.8) is 0 Å². The number of hydrogen-bond donors (Lipinski definition) is 0. The number of carbonyl (C=O) groups excluding carboxylic acids is 2. The van der Waals surface area contributed by atoms with Gasteiger partial charge in [0.2, 0.25) is 20.0 Å². The van der Waals surface area contributed by atoms with Crippen molar-refractivity contribution in [1.29, 1.82) is 0 Å². The van der Waals surface area contributed by atoms with Gasteiger partial charge in [-0.15, -0.1) is 0 Å². The van der Waals surface area contributed by atoms with Crippen LogP contribution in [-0.2, 0) is 52.2 Å². The molecule has 0 spiro atoms. The zero-order valence-corrected chi connectivity index (χ0v) is 45.3. The maximum Gasteiger partial charge on any atom is 0.410 e. The Hall–Kier alpha value is -4.84. The molecule has 4 aromatic rings. The van der Waals surface area contributed by atoms with Gasteiger partial charge in [0, 0.05) is 77.8 Å². The maximum absolute atomic E-state index is 13.4. The fourth-order valence-corrected chi connectivity index (χ4v) is 16.1. The number of aryl methyl sites for hydroxylation is 4. The van der Waals surface area contributed by atoms with Crippen LogP contribution >= 0.6 is 0 Å². The molecule has 74 heavy (non-hydrogen) atoms. The second kappa shape index (κ2) is 24.0. The third kappa shape index (κ3) is 12.9. The average Bonchev–Trinajstić information content (AvgIpc) is 4.19. The monoisotopic (exact) mass is 1050 g/mol. The molecule has 0 aromatic heterocycles. The molecule has 400 valence electrons. The highest BCUT2D eigenvalue weighted by atomic mass is 32.2. The first-order valence-electron chi connectivity index (χ1n) is 26.9. The molecule has 4 aliphatic heterocycles. The van der Waals surface area contributed by atoms with Gasteiger partial charge in [-0.05, 0) is 149 Å². The molecule has 2 unspecified atom stereocenters. The van der Waals surface area contributed by atoms with Crippen LogP contribution in [0.15, 0.2) is 107 Å². The first kappa shape index (κ1) is 54.0. The highest BCUT2D eigenvalue weighted by Crippen LogP contribution is 2.44. The third-order valence-electron chi connectivity index (χ3n) is 16.6. The molecule has 2 aliphatic carbocycles. The normalized spacial score (nSPS) is 24.6. The quantitative estimate of drug-likeness (QED) is 0.119. The predicted molar refractivity (Wildman–Crippen MR) is 283 cm³/mol. The van der Waals surface area contributed by atoms with E-state index in [0.29, 0.717) is 60.9 Å². The molecular formula is C58H76N4O10S2. The van der Waals surface area contributed by atoms with E-state index in [9.17, 15) is 26.4 Å². The summed E-state index contributed by atoms with van der Waals surface area (Å²) in [6, 6.07) is 30.7. The Labute approximate surface area is 439 Å². The van der Waals surface area contributed by atoms with Crippen molar-refractivity contribution in [2.45, 2.75) is 114 Å². The van der Waals surface area contributed by atoms with Gasteiger partial charge in [-0.3, -0.25) is 0 Å². The van der Waals surface area contributed by atoms with Gasteiger partial charge in [0.05, 0.1) is 9.79 Å². The van der Waals surface area contributed by atoms with E-state index in [0.717, 1.165) is 111 Å². The van der Waals surface area contributed by atoms with E-state index in [1.807, 2.05) is 122 Å². The number of benzene rings is 4. The molecule has 6 atom stereocenters. The van der Waals surface area contributed by atoms with Crippen LogP contribution in [0.1, 0.15) is 84.7 Å². The van der Waals surface area contributed by atoms with Crippen LogP contribution in [0, 0.1) is 63.2 Å². The van der Waals surface area contributed by atoms with Crippen molar-refractivity contribution >= 4 is 32.2 Å². The number of fused-ring (bicyclic) bond motifs is 2. The lowest BCUT2D eigenvalue weighted by Crippen LogP contribution is -2.44. The Morgan fingerprint density at radius 3 is 1.18 bits per heavy atom. The predicted octanol–water partition coefficient (Wildman–Crippen LogP) is 9.54. The average molecular weight is 1050 g/mol. The Morgan fingerprint density at radius 1 is 0.514 bits per heavy atom. The second-order valence-electron chi connectivity index (χ2n) is 22.0. The molecule has 4 saturated heterocycles. The van der Waals surface area contributed by atoms with Crippen molar-refractivity contribution in [2.24, 2.45) is 35.5 Å². The Balaban J connectivity index is 0.000000182. The molecule has 10 rings (SSSR count). The van der Waals surface area contributed by atoms with E-state index < -0.39 is 20.0 Å². The smallest absolute Gasteiger partial charge is 0.410 e. The minimum atomic E-state index is -3.53. The molecule has 14 nitrogen and oxygen atoms in total. The molecule has 4 heterocycles. The molecule has 0 bridgehead atoms. The van der Waals surface area contributed by atoms with Gasteiger partial charge >= 0.3 is 12.2 Å². The zero-order valence-electron chi connectivity index (χ0n) is 43.7. The summed E-state index contributed by atoms with van der Waals surface area (Å²) in [4.78, 5) is 31.4. The summed E-state index contributed by atoms with van der Waals surface area (Å²) in [6.07, 6.45) is 6.52. The fourth-order valence-electron chi connectivity index (χ4n) is 12.6. The largest absolute Gasteiger partial charge is 0.445 e. The van der Waals surface area contributed by atoms with Crippen molar-refractivity contribution in [1.82, 2.24) is 18.4 Å². The number of rotatable bonds is 14. The van der Waals surface area contributed by atoms with Gasteiger partial charge in [-0.2, -0.15) is 8.61 Å². The van der Waals surface area contributed by atoms with Gasteiger partial charge < -0.3 is 28.7 Å². The number of carbonyl (C=O) groups is 2. The molecule has 0 radical (unpaired) electrons. The summed E-state index contributed by atoms with van der Waals surface area (Å²) in [7, 11) is -7.06. The van der Waals surface area contributed by atoms with Crippen LogP contribution in [0.25, 0.3) is 0 Å². The fraction of sp³-hybridized carbons (Fsp3) is 0.552. The topological polar surface area (TPSA) is 152 Å². The van der Waals surface area contributed by atoms with Gasteiger partial charge in [0.1, 0.15) is 13.2 Å². The summed E-state index contributed by atoms with van der Waals surface area (Å²) in [5.41, 5.74) is 5.63. The Bertz CT molecular complexity index is 2550. The number of sulfonamides is 2. The lowest BCUT2D eigenvalue weighted by atomic mass is 9.98. The van der Waals surface area contributed by atoms with Crippen LogP contribution in [0.4, 0.5) is 9.59 Å². The lowest BCUT2D eigenvalue weighted by Gasteiger charge is -2.34. The van der Waals surface area contributed by atoms with E-state index in [-0.39, 0.29) is 61.2 Å². The Kier molecular flexibility index (Phi) is 17.5. The van der Waals surface area contributed by atoms with Crippen LogP contribution in [0.3, 0.4) is 0 Å². The summed E-state index contributed by atoms with van der Waals surface area (Å²) >= 11 is 0. The van der Waals surface area contributed by atoms with E-state index in [2.05, 4.69) is 0 Å². The van der Waals surface area contributed by atoms with E-state index in [1.54, 1.807) is 20.7 Å². The summed E-state index contributed by atoms with van der Waals surface area (Å²) in [5, 5.41) is 0. The van der Waals surface area contributed by atoms with Gasteiger partial charge in [-0.25, -0.2) is 26.4 Å². The Morgan fingerprint density at radius 2 is 0.851 bits per heavy atom. The van der Waals surface area contributed by atoms with Crippen molar-refractivity contribution in [2.75, 3.05) is 65.7 Å². The molecular weight excluding hydrogens is 977 g/mol. The number of hydrogen-bond acceptors (Lipinski definition) is 10. The highest BCUT2D eigenvalue weighted by Gasteiger charge is 2.49. The van der Waals surface area contributed by atoms with Crippen molar-refractivity contribution in [3.05, 3.63) is 130 Å². The highest BCUT2D eigenvalue weighted by molar-refractivity contribution is 7.89. The van der Waals surface area contributed by atoms with Gasteiger partial charge in [-0.1, -0.05) is 96.1 Å². The molecule has 6 aliphatic rings. The first-order chi connectivity index (χ1) is 35.6. The molecule has 6 fully saturated rings. The summed E-state index contributed by atoms with van der Waals surface area (Å²) in [5.74, 6) is 1.82. The van der Waals surface area contributed by atoms with Gasteiger partial charge in [0.25, 0.3) is 0 Å². The molecule has 2 amide bonds. The van der Waals surface area contributed by atoms with E-state index in [4.69, 9.17) is 18.9 Å². The van der Waals surface area contributed by atoms with Gasteiger partial charge in [0.15, 0.2) is 0 Å². The zero-order chi connectivity index (χ0) is 52.0. The first-order valence-corrected chi connectivity index (χ1v) is 29.7. The van der Waals surface area contributed by atoms with Crippen LogP contribution in [-0.4, -0.2) is 125 Å². The van der Waals surface area contributed by atoms with Crippen LogP contribution in [0.2, 0.25) is 0 Å². The lowest BCUT2D eigenvalue weighted by molar-refractivity contribution is 0.0350. The minimum Gasteiger partial charge on any atom is -0.445 e. The number of ether oxygens (including phenoxy) is 4. The second-order valence-corrected chi connectivity index (χ2v) is 25.8. The molecule has 16 heteroatoms. The minimum absolute atomic E-state index is 0.0760. The molecule has 0 N–H and O–H groups in total. The third-order valence-corrected chi connectivity index (χ3v) is 20.6. The number of amides is 2. The van der Waals surface area contributed by atoms with Crippen LogP contribution < -0.4 is 0 Å². The SMILES string of the molecule is Cc1ccc(S(=O)(=O)N2C[C@H]3CC(N(CC4CCOCC4)C(=O)OCc4ccccc4)C[C@H]3C2)c(C)c1.Cc1ccc(S(=O)(=O)N2C[C@H]3CC(N(CC4CCOCC4)C(=O)OCc4ccccc4)C[C@H]3C2)c(C)c1. The summed E-state index contributed by atoms with van der Waals surface area (Å²) in [6.45, 7) is 14.5. The maximum atomic E-state index is 13.4. The molecule has 4 aromatic carbocycles.